The van der Waals surface area contributed by atoms with Gasteiger partial charge in [-0.1, -0.05) is 0 Å². The predicted molar refractivity (Wildman–Crippen MR) is 90.9 cm³/mol. The minimum Gasteiger partial charge on any atom is 1.00 e. The summed E-state index contributed by atoms with van der Waals surface area (Å²) in [5.74, 6) is 0. The summed E-state index contributed by atoms with van der Waals surface area (Å²) in [6.07, 6.45) is 0. The van der Waals surface area contributed by atoms with Crippen molar-refractivity contribution in [2.24, 2.45) is 0 Å². The van der Waals surface area contributed by atoms with Crippen molar-refractivity contribution in [2.45, 2.75) is 0 Å². The second-order valence-corrected chi connectivity index (χ2v) is 11.8. The topological polar surface area (TPSA) is 139 Å². The van der Waals surface area contributed by atoms with Crippen LogP contribution in [0.25, 0.3) is 0 Å². The second-order valence-electron chi connectivity index (χ2n) is 5.04. The molecule has 0 aromatic heterocycles. The van der Waals surface area contributed by atoms with Crippen molar-refractivity contribution in [3.63, 3.8) is 0 Å². The summed E-state index contributed by atoms with van der Waals surface area (Å²) in [5.41, 5.74) is 1.48. The number of anilines is 2. The van der Waals surface area contributed by atoms with Gasteiger partial charge in [0.25, 0.3) is 0 Å². The molecule has 0 aliphatic carbocycles. The molecule has 2 aromatic rings. The Hall–Kier alpha value is 0.597. The van der Waals surface area contributed by atoms with E-state index in [-0.39, 0.29) is 67.8 Å². The van der Waals surface area contributed by atoms with Gasteiger partial charge in [0.15, 0.2) is 0 Å². The van der Waals surface area contributed by atoms with E-state index in [1.807, 2.05) is 0 Å². The first-order valence-electron chi connectivity index (χ1n) is 6.96. The van der Waals surface area contributed by atoms with Crippen LogP contribution in [0.1, 0.15) is 0 Å². The Kier molecular flexibility index (Phi) is 11.8. The van der Waals surface area contributed by atoms with Crippen LogP contribution in [0.5, 0.6) is 0 Å². The Labute approximate surface area is 201 Å². The molecule has 0 heterocycles. The molecule has 6 N–H and O–H groups in total. The van der Waals surface area contributed by atoms with Crippen LogP contribution in [-0.4, -0.2) is 57.8 Å². The van der Waals surface area contributed by atoms with Crippen molar-refractivity contribution in [2.75, 3.05) is 23.7 Å². The van der Waals surface area contributed by atoms with Crippen LogP contribution in [0.15, 0.2) is 48.5 Å². The Morgan fingerprint density at radius 2 is 0.885 bits per heavy atom. The molecule has 0 aliphatic rings. The smallest absolute Gasteiger partial charge is 1.00 e. The number of hydrogen-bond acceptors (Lipinski definition) is 4. The Bertz CT molecular complexity index is 710. The third kappa shape index (κ3) is 8.74. The van der Waals surface area contributed by atoms with E-state index in [4.69, 9.17) is 16.4 Å². The molecule has 0 spiro atoms. The molecule has 0 radical (unpaired) electrons. The molecule has 0 amide bonds. The minimum absolute atomic E-state index is 0. The van der Waals surface area contributed by atoms with E-state index in [0.717, 1.165) is 11.4 Å². The molecule has 12 heteroatoms. The van der Waals surface area contributed by atoms with Crippen molar-refractivity contribution >= 4 is 48.4 Å². The zero-order valence-electron chi connectivity index (χ0n) is 14.5. The molecule has 0 bridgehead atoms. The van der Waals surface area contributed by atoms with Crippen LogP contribution >= 0.6 is 0 Å². The van der Waals surface area contributed by atoms with Gasteiger partial charge in [0.05, 0.1) is 0 Å². The van der Waals surface area contributed by atoms with Crippen molar-refractivity contribution in [3.05, 3.63) is 48.5 Å². The minimum atomic E-state index is -4.83. The van der Waals surface area contributed by atoms with Crippen LogP contribution in [0.2, 0.25) is 0 Å². The molecule has 2 aromatic carbocycles. The summed E-state index contributed by atoms with van der Waals surface area (Å²) in [5, 5.41) is 6.20. The van der Waals surface area contributed by atoms with Crippen LogP contribution < -0.4 is 78.5 Å². The molecular weight excluding hydrogens is 488 g/mol. The van der Waals surface area contributed by atoms with Gasteiger partial charge in [0, 0.05) is 0 Å². The monoisotopic (exact) mass is 506 g/mol. The van der Waals surface area contributed by atoms with E-state index in [1.165, 1.54) is 24.3 Å². The maximum absolute atomic E-state index is 11.1. The zero-order valence-corrected chi connectivity index (χ0v) is 22.3. The number of benzene rings is 2. The molecular formula is C14H18As2N2Na2O6+2. The van der Waals surface area contributed by atoms with Gasteiger partial charge in [-0.05, 0) is 0 Å². The predicted octanol–water partition coefficient (Wildman–Crippen LogP) is -7.66. The van der Waals surface area contributed by atoms with Crippen LogP contribution in [0, 0.1) is 0 Å². The van der Waals surface area contributed by atoms with Crippen LogP contribution in [0.3, 0.4) is 0 Å². The van der Waals surface area contributed by atoms with Gasteiger partial charge >= 0.3 is 204 Å². The first kappa shape index (κ1) is 26.6. The standard InChI is InChI=1S/C14H18As2N2O6.2Na/c19-15(20,21)11-1-5-13(6-2-11)17-9-10-18-14-7-3-12(4-8-14)16(22,23)24;;/h1-8,17-18H,9-10H2,(H2,19,20,21)(H2,22,23,24);;/q;2*+1. The van der Waals surface area contributed by atoms with Crippen molar-refractivity contribution < 1.29 is 83.0 Å². The van der Waals surface area contributed by atoms with Gasteiger partial charge < -0.3 is 0 Å². The molecule has 2 rings (SSSR count). The average Bonchev–Trinajstić information content (AvgIpc) is 2.51. The van der Waals surface area contributed by atoms with Gasteiger partial charge in [-0.15, -0.1) is 0 Å². The number of rotatable bonds is 7. The maximum Gasteiger partial charge on any atom is 1.00 e. The molecule has 26 heavy (non-hydrogen) atoms. The van der Waals surface area contributed by atoms with E-state index < -0.39 is 28.3 Å². The van der Waals surface area contributed by atoms with Crippen molar-refractivity contribution in [1.29, 1.82) is 0 Å². The summed E-state index contributed by atoms with van der Waals surface area (Å²) in [7, 11) is 0. The summed E-state index contributed by atoms with van der Waals surface area (Å²) >= 11 is -9.67. The second kappa shape index (κ2) is 11.6. The first-order valence-corrected chi connectivity index (χ1v) is 13.7. The summed E-state index contributed by atoms with van der Waals surface area (Å²) in [4.78, 5) is 0. The van der Waals surface area contributed by atoms with Crippen molar-refractivity contribution in [1.82, 2.24) is 0 Å². The fourth-order valence-electron chi connectivity index (χ4n) is 1.96. The SMILES string of the molecule is O=[As](O)(O)c1ccc(NCCNc2ccc([As](=O)(O)O)cc2)cc1.[Na+].[Na+]. The maximum atomic E-state index is 11.1. The molecule has 0 aliphatic heterocycles. The third-order valence-corrected chi connectivity index (χ3v) is 7.26. The van der Waals surface area contributed by atoms with Gasteiger partial charge in [0.1, 0.15) is 0 Å². The summed E-state index contributed by atoms with van der Waals surface area (Å²) in [6.45, 7) is 1.12. The Morgan fingerprint density at radius 1 is 0.615 bits per heavy atom. The number of nitrogens with one attached hydrogen (secondary N) is 2. The molecule has 0 atom stereocenters. The van der Waals surface area contributed by atoms with Gasteiger partial charge in [-0.3, -0.25) is 0 Å². The van der Waals surface area contributed by atoms with E-state index in [2.05, 4.69) is 10.6 Å². The largest absolute Gasteiger partial charge is 1.00 e. The molecule has 0 unspecified atom stereocenters. The molecule has 0 saturated carbocycles. The van der Waals surface area contributed by atoms with Crippen molar-refractivity contribution in [3.8, 4) is 0 Å². The molecule has 8 nitrogen and oxygen atoms in total. The zero-order chi connectivity index (χ0) is 17.8. The fourth-order valence-corrected chi connectivity index (χ4v) is 4.22. The fraction of sp³-hybridized carbons (Fsp3) is 0.143. The molecule has 130 valence electrons. The van der Waals surface area contributed by atoms with E-state index in [1.54, 1.807) is 24.3 Å². The molecule has 0 saturated heterocycles. The van der Waals surface area contributed by atoms with E-state index >= 15 is 0 Å². The van der Waals surface area contributed by atoms with Gasteiger partial charge in [-0.25, -0.2) is 0 Å². The van der Waals surface area contributed by atoms with Crippen LogP contribution in [0.4, 0.5) is 11.4 Å². The first-order chi connectivity index (χ1) is 11.2. The average molecular weight is 506 g/mol. The summed E-state index contributed by atoms with van der Waals surface area (Å²) < 4.78 is 58.6. The van der Waals surface area contributed by atoms with Crippen LogP contribution in [-0.2, 0) is 7.48 Å². The molecule has 0 fully saturated rings. The number of hydrogen-bond donors (Lipinski definition) is 6. The van der Waals surface area contributed by atoms with Gasteiger partial charge in [0.2, 0.25) is 0 Å². The summed E-state index contributed by atoms with van der Waals surface area (Å²) in [6, 6.07) is 12.0. The Morgan fingerprint density at radius 3 is 1.12 bits per heavy atom. The normalized spacial score (nSPS) is 11.1. The van der Waals surface area contributed by atoms with E-state index in [9.17, 15) is 7.48 Å². The Balaban J connectivity index is 0.00000312. The quantitative estimate of drug-likeness (QED) is 0.161. The van der Waals surface area contributed by atoms with E-state index in [0.29, 0.717) is 13.1 Å². The third-order valence-electron chi connectivity index (χ3n) is 3.19. The van der Waals surface area contributed by atoms with Gasteiger partial charge in [-0.2, -0.15) is 0 Å².